The summed E-state index contributed by atoms with van der Waals surface area (Å²) in [5.74, 6) is 0. The summed E-state index contributed by atoms with van der Waals surface area (Å²) in [6, 6.07) is 4.02. The van der Waals surface area contributed by atoms with Crippen molar-refractivity contribution in [2.75, 3.05) is 6.54 Å². The van der Waals surface area contributed by atoms with Gasteiger partial charge in [0.1, 0.15) is 0 Å². The van der Waals surface area contributed by atoms with Crippen molar-refractivity contribution in [3.05, 3.63) is 40.4 Å². The van der Waals surface area contributed by atoms with E-state index in [4.69, 9.17) is 0 Å². The topological polar surface area (TPSA) is 55.6 Å². The van der Waals surface area contributed by atoms with Crippen LogP contribution in [0, 0.1) is 0 Å². The lowest BCUT2D eigenvalue weighted by Crippen LogP contribution is -2.25. The second kappa shape index (κ2) is 6.06. The van der Waals surface area contributed by atoms with Crippen LogP contribution in [0.15, 0.2) is 29.0 Å². The molecular formula is C12H16BrN5. The molecule has 2 rings (SSSR count). The molecular weight excluding hydrogens is 294 g/mol. The molecule has 1 N–H and O–H groups in total. The standard InChI is InChI=1S/C12H16BrN5/c1-3-14-12(10-6-5-9(13)7-15-10)11-8-16-17-18(11)4-2/h5-8,12,14H,3-4H2,1-2H3. The molecule has 1 atom stereocenters. The Morgan fingerprint density at radius 2 is 2.17 bits per heavy atom. The first-order chi connectivity index (χ1) is 8.76. The molecule has 0 fully saturated rings. The van der Waals surface area contributed by atoms with Crippen molar-refractivity contribution >= 4 is 15.9 Å². The minimum Gasteiger partial charge on any atom is -0.304 e. The van der Waals surface area contributed by atoms with Crippen molar-refractivity contribution in [1.29, 1.82) is 0 Å². The van der Waals surface area contributed by atoms with E-state index in [9.17, 15) is 0 Å². The Kier molecular flexibility index (Phi) is 4.43. The van der Waals surface area contributed by atoms with Gasteiger partial charge in [-0.05, 0) is 41.5 Å². The van der Waals surface area contributed by atoms with Gasteiger partial charge in [-0.25, -0.2) is 4.68 Å². The van der Waals surface area contributed by atoms with E-state index in [0.717, 1.165) is 29.0 Å². The van der Waals surface area contributed by atoms with Crippen LogP contribution in [0.5, 0.6) is 0 Å². The summed E-state index contributed by atoms with van der Waals surface area (Å²) in [4.78, 5) is 4.45. The second-order valence-corrected chi connectivity index (χ2v) is 4.78. The molecule has 0 saturated carbocycles. The first-order valence-electron chi connectivity index (χ1n) is 5.99. The summed E-state index contributed by atoms with van der Waals surface area (Å²) in [5.41, 5.74) is 2.01. The number of nitrogens with one attached hydrogen (secondary N) is 1. The Balaban J connectivity index is 2.36. The highest BCUT2D eigenvalue weighted by atomic mass is 79.9. The third kappa shape index (κ3) is 2.76. The van der Waals surface area contributed by atoms with Gasteiger partial charge in [0.2, 0.25) is 0 Å². The van der Waals surface area contributed by atoms with Crippen LogP contribution in [0.1, 0.15) is 31.3 Å². The number of pyridine rings is 1. The van der Waals surface area contributed by atoms with Crippen LogP contribution in [0.2, 0.25) is 0 Å². The maximum atomic E-state index is 4.45. The van der Waals surface area contributed by atoms with Crippen LogP contribution < -0.4 is 5.32 Å². The van der Waals surface area contributed by atoms with E-state index in [2.05, 4.69) is 50.4 Å². The molecule has 0 spiro atoms. The molecule has 96 valence electrons. The Morgan fingerprint density at radius 3 is 2.78 bits per heavy atom. The summed E-state index contributed by atoms with van der Waals surface area (Å²) < 4.78 is 2.86. The summed E-state index contributed by atoms with van der Waals surface area (Å²) in [7, 11) is 0. The molecule has 1 unspecified atom stereocenters. The summed E-state index contributed by atoms with van der Waals surface area (Å²) in [6.07, 6.45) is 3.60. The highest BCUT2D eigenvalue weighted by molar-refractivity contribution is 9.10. The highest BCUT2D eigenvalue weighted by Crippen LogP contribution is 2.20. The van der Waals surface area contributed by atoms with E-state index < -0.39 is 0 Å². The molecule has 0 aliphatic heterocycles. The molecule has 6 heteroatoms. The van der Waals surface area contributed by atoms with Crippen molar-refractivity contribution in [3.63, 3.8) is 0 Å². The molecule has 0 amide bonds. The zero-order chi connectivity index (χ0) is 13.0. The number of aromatic nitrogens is 4. The summed E-state index contributed by atoms with van der Waals surface area (Å²) >= 11 is 3.40. The molecule has 0 aromatic carbocycles. The minimum atomic E-state index is 0.0260. The van der Waals surface area contributed by atoms with Gasteiger partial charge in [0.05, 0.1) is 23.6 Å². The smallest absolute Gasteiger partial charge is 0.0938 e. The molecule has 0 radical (unpaired) electrons. The van der Waals surface area contributed by atoms with Gasteiger partial charge in [0.25, 0.3) is 0 Å². The largest absolute Gasteiger partial charge is 0.304 e. The number of halogens is 1. The Morgan fingerprint density at radius 1 is 1.33 bits per heavy atom. The number of aryl methyl sites for hydroxylation is 1. The lowest BCUT2D eigenvalue weighted by molar-refractivity contribution is 0.527. The van der Waals surface area contributed by atoms with Crippen LogP contribution in [0.25, 0.3) is 0 Å². The minimum absolute atomic E-state index is 0.0260. The Bertz CT molecular complexity index is 493. The van der Waals surface area contributed by atoms with Gasteiger partial charge in [-0.2, -0.15) is 0 Å². The predicted octanol–water partition coefficient (Wildman–Crippen LogP) is 2.15. The van der Waals surface area contributed by atoms with Crippen molar-refractivity contribution in [2.24, 2.45) is 0 Å². The first-order valence-corrected chi connectivity index (χ1v) is 6.78. The normalized spacial score (nSPS) is 12.6. The Hall–Kier alpha value is -1.27. The van der Waals surface area contributed by atoms with Gasteiger partial charge < -0.3 is 5.32 Å². The molecule has 0 bridgehead atoms. The third-order valence-electron chi connectivity index (χ3n) is 2.70. The van der Waals surface area contributed by atoms with Gasteiger partial charge in [-0.15, -0.1) is 5.10 Å². The number of rotatable bonds is 5. The zero-order valence-electron chi connectivity index (χ0n) is 10.5. The molecule has 0 aliphatic carbocycles. The van der Waals surface area contributed by atoms with Gasteiger partial charge >= 0.3 is 0 Å². The lowest BCUT2D eigenvalue weighted by Gasteiger charge is -2.17. The van der Waals surface area contributed by atoms with Crippen molar-refractivity contribution in [3.8, 4) is 0 Å². The van der Waals surface area contributed by atoms with E-state index in [1.54, 1.807) is 12.4 Å². The zero-order valence-corrected chi connectivity index (χ0v) is 12.1. The first kappa shape index (κ1) is 13.2. The van der Waals surface area contributed by atoms with Crippen LogP contribution in [0.4, 0.5) is 0 Å². The Labute approximate surface area is 115 Å². The van der Waals surface area contributed by atoms with Crippen LogP contribution in [-0.2, 0) is 6.54 Å². The van der Waals surface area contributed by atoms with Crippen LogP contribution in [-0.4, -0.2) is 26.5 Å². The van der Waals surface area contributed by atoms with Gasteiger partial charge in [0, 0.05) is 17.2 Å². The van der Waals surface area contributed by atoms with Crippen molar-refractivity contribution in [2.45, 2.75) is 26.4 Å². The lowest BCUT2D eigenvalue weighted by atomic mass is 10.1. The molecule has 18 heavy (non-hydrogen) atoms. The fraction of sp³-hybridized carbons (Fsp3) is 0.417. The fourth-order valence-electron chi connectivity index (χ4n) is 1.86. The van der Waals surface area contributed by atoms with E-state index in [1.165, 1.54) is 0 Å². The maximum Gasteiger partial charge on any atom is 0.0938 e. The molecule has 0 saturated heterocycles. The maximum absolute atomic E-state index is 4.45. The van der Waals surface area contributed by atoms with E-state index in [1.807, 2.05) is 16.8 Å². The van der Waals surface area contributed by atoms with E-state index >= 15 is 0 Å². The highest BCUT2D eigenvalue weighted by Gasteiger charge is 2.18. The molecule has 2 heterocycles. The van der Waals surface area contributed by atoms with Gasteiger partial charge in [-0.1, -0.05) is 12.1 Å². The molecule has 0 aliphatic rings. The monoisotopic (exact) mass is 309 g/mol. The average Bonchev–Trinajstić information content (AvgIpc) is 2.85. The van der Waals surface area contributed by atoms with Crippen LogP contribution >= 0.6 is 15.9 Å². The third-order valence-corrected chi connectivity index (χ3v) is 3.17. The average molecular weight is 310 g/mol. The fourth-order valence-corrected chi connectivity index (χ4v) is 2.09. The molecule has 2 aromatic heterocycles. The van der Waals surface area contributed by atoms with Crippen molar-refractivity contribution in [1.82, 2.24) is 25.3 Å². The van der Waals surface area contributed by atoms with Crippen LogP contribution in [0.3, 0.4) is 0 Å². The number of hydrogen-bond acceptors (Lipinski definition) is 4. The summed E-state index contributed by atoms with van der Waals surface area (Å²) in [6.45, 7) is 5.78. The number of hydrogen-bond donors (Lipinski definition) is 1. The SMILES string of the molecule is CCNC(c1ccc(Br)cn1)c1cnnn1CC. The second-order valence-electron chi connectivity index (χ2n) is 3.87. The van der Waals surface area contributed by atoms with E-state index in [-0.39, 0.29) is 6.04 Å². The van der Waals surface area contributed by atoms with Crippen molar-refractivity contribution < 1.29 is 0 Å². The molecule has 2 aromatic rings. The summed E-state index contributed by atoms with van der Waals surface area (Å²) in [5, 5.41) is 11.5. The quantitative estimate of drug-likeness (QED) is 0.919. The predicted molar refractivity (Wildman–Crippen MR) is 73.2 cm³/mol. The van der Waals surface area contributed by atoms with Gasteiger partial charge in [0.15, 0.2) is 0 Å². The van der Waals surface area contributed by atoms with E-state index in [0.29, 0.717) is 0 Å². The molecule has 5 nitrogen and oxygen atoms in total. The van der Waals surface area contributed by atoms with Gasteiger partial charge in [-0.3, -0.25) is 4.98 Å². The number of nitrogens with zero attached hydrogens (tertiary/aromatic N) is 4.